The standard InChI is InChI=1S/C15H21Cl3/c1-10(16)7-13-5-4-6-14(8-11(2)17)15(13)9-12(3)18/h4-6,10-12H,7-9H2,1-3H3. The zero-order valence-corrected chi connectivity index (χ0v) is 13.5. The summed E-state index contributed by atoms with van der Waals surface area (Å²) >= 11 is 18.4. The van der Waals surface area contributed by atoms with E-state index >= 15 is 0 Å². The number of alkyl halides is 3. The van der Waals surface area contributed by atoms with Gasteiger partial charge >= 0.3 is 0 Å². The molecule has 1 aromatic carbocycles. The minimum Gasteiger partial charge on any atom is -0.123 e. The first-order chi connectivity index (χ1) is 8.40. The van der Waals surface area contributed by atoms with Crippen LogP contribution in [0.15, 0.2) is 18.2 Å². The number of benzene rings is 1. The molecule has 0 amide bonds. The lowest BCUT2D eigenvalue weighted by atomic mass is 9.92. The topological polar surface area (TPSA) is 0 Å². The highest BCUT2D eigenvalue weighted by Gasteiger charge is 2.13. The maximum absolute atomic E-state index is 6.16. The zero-order valence-electron chi connectivity index (χ0n) is 11.2. The molecule has 0 spiro atoms. The van der Waals surface area contributed by atoms with Crippen LogP contribution in [0.4, 0.5) is 0 Å². The predicted molar refractivity (Wildman–Crippen MR) is 83.5 cm³/mol. The summed E-state index contributed by atoms with van der Waals surface area (Å²) in [6, 6.07) is 6.39. The monoisotopic (exact) mass is 306 g/mol. The van der Waals surface area contributed by atoms with Gasteiger partial charge in [-0.15, -0.1) is 34.8 Å². The van der Waals surface area contributed by atoms with Gasteiger partial charge in [0.25, 0.3) is 0 Å². The molecule has 0 nitrogen and oxygen atoms in total. The number of hydrogen-bond acceptors (Lipinski definition) is 0. The molecule has 0 aromatic heterocycles. The lowest BCUT2D eigenvalue weighted by Gasteiger charge is -2.17. The molecule has 18 heavy (non-hydrogen) atoms. The van der Waals surface area contributed by atoms with E-state index in [1.807, 2.05) is 20.8 Å². The number of halogens is 3. The fourth-order valence-electron chi connectivity index (χ4n) is 2.22. The van der Waals surface area contributed by atoms with Crippen molar-refractivity contribution in [2.45, 2.75) is 56.2 Å². The van der Waals surface area contributed by atoms with Crippen LogP contribution in [0.3, 0.4) is 0 Å². The molecule has 0 fully saturated rings. The molecular formula is C15H21Cl3. The molecule has 0 heterocycles. The van der Waals surface area contributed by atoms with Gasteiger partial charge in [-0.25, -0.2) is 0 Å². The Morgan fingerprint density at radius 3 is 1.50 bits per heavy atom. The van der Waals surface area contributed by atoms with E-state index < -0.39 is 0 Å². The fourth-order valence-corrected chi connectivity index (χ4v) is 2.71. The minimum absolute atomic E-state index is 0.126. The Morgan fingerprint density at radius 1 is 0.778 bits per heavy atom. The maximum atomic E-state index is 6.16. The van der Waals surface area contributed by atoms with E-state index in [0.717, 1.165) is 19.3 Å². The van der Waals surface area contributed by atoms with Crippen LogP contribution >= 0.6 is 34.8 Å². The van der Waals surface area contributed by atoms with Crippen molar-refractivity contribution in [1.82, 2.24) is 0 Å². The molecule has 1 aromatic rings. The summed E-state index contributed by atoms with van der Waals surface area (Å²) in [5, 5.41) is 0.400. The second-order valence-electron chi connectivity index (χ2n) is 5.01. The summed E-state index contributed by atoms with van der Waals surface area (Å²) in [6.07, 6.45) is 2.64. The first-order valence-electron chi connectivity index (χ1n) is 6.42. The highest BCUT2D eigenvalue weighted by molar-refractivity contribution is 6.21. The highest BCUT2D eigenvalue weighted by atomic mass is 35.5. The van der Waals surface area contributed by atoms with Gasteiger partial charge in [0.1, 0.15) is 0 Å². The second kappa shape index (κ2) is 7.62. The molecule has 1 rings (SSSR count). The third-order valence-electron chi connectivity index (χ3n) is 2.86. The van der Waals surface area contributed by atoms with Gasteiger partial charge in [0, 0.05) is 16.1 Å². The molecule has 3 heteroatoms. The van der Waals surface area contributed by atoms with Crippen LogP contribution in [0.1, 0.15) is 37.5 Å². The van der Waals surface area contributed by atoms with Crippen molar-refractivity contribution in [2.75, 3.05) is 0 Å². The van der Waals surface area contributed by atoms with Gasteiger partial charge in [-0.1, -0.05) is 18.2 Å². The molecule has 102 valence electrons. The van der Waals surface area contributed by atoms with E-state index in [9.17, 15) is 0 Å². The Hall–Kier alpha value is 0.0900. The normalized spacial score (nSPS) is 16.3. The molecule has 0 saturated carbocycles. The van der Waals surface area contributed by atoms with Crippen molar-refractivity contribution in [3.8, 4) is 0 Å². The smallest absolute Gasteiger partial charge is 0.0348 e. The number of hydrogen-bond donors (Lipinski definition) is 0. The molecule has 0 bridgehead atoms. The molecular weight excluding hydrogens is 287 g/mol. The summed E-state index contributed by atoms with van der Waals surface area (Å²) in [6.45, 7) is 6.06. The average Bonchev–Trinajstić information content (AvgIpc) is 2.20. The van der Waals surface area contributed by atoms with Crippen molar-refractivity contribution in [2.24, 2.45) is 0 Å². The average molecular weight is 308 g/mol. The van der Waals surface area contributed by atoms with Crippen molar-refractivity contribution in [3.63, 3.8) is 0 Å². The molecule has 0 aliphatic carbocycles. The van der Waals surface area contributed by atoms with E-state index in [0.29, 0.717) is 0 Å². The summed E-state index contributed by atoms with van der Waals surface area (Å²) in [7, 11) is 0. The summed E-state index contributed by atoms with van der Waals surface area (Å²) in [4.78, 5) is 0. The van der Waals surface area contributed by atoms with Crippen LogP contribution in [0, 0.1) is 0 Å². The van der Waals surface area contributed by atoms with Crippen molar-refractivity contribution >= 4 is 34.8 Å². The van der Waals surface area contributed by atoms with E-state index in [1.54, 1.807) is 0 Å². The minimum atomic E-state index is 0.126. The van der Waals surface area contributed by atoms with Crippen LogP contribution in [0.2, 0.25) is 0 Å². The van der Waals surface area contributed by atoms with Crippen LogP contribution in [0.25, 0.3) is 0 Å². The molecule has 0 aliphatic rings. The Kier molecular flexibility index (Phi) is 6.84. The van der Waals surface area contributed by atoms with Crippen molar-refractivity contribution in [3.05, 3.63) is 34.9 Å². The van der Waals surface area contributed by atoms with Crippen molar-refractivity contribution < 1.29 is 0 Å². The SMILES string of the molecule is CC(Cl)Cc1cccc(CC(C)Cl)c1CC(C)Cl. The second-order valence-corrected chi connectivity index (χ2v) is 7.24. The van der Waals surface area contributed by atoms with E-state index in [2.05, 4.69) is 18.2 Å². The molecule has 0 saturated heterocycles. The van der Waals surface area contributed by atoms with Gasteiger partial charge in [0.2, 0.25) is 0 Å². The Labute approximate surface area is 126 Å². The van der Waals surface area contributed by atoms with E-state index in [-0.39, 0.29) is 16.1 Å². The Balaban J connectivity index is 3.08. The van der Waals surface area contributed by atoms with Crippen LogP contribution in [0.5, 0.6) is 0 Å². The van der Waals surface area contributed by atoms with Gasteiger partial charge in [0.15, 0.2) is 0 Å². The van der Waals surface area contributed by atoms with Crippen molar-refractivity contribution in [1.29, 1.82) is 0 Å². The molecule has 0 aliphatic heterocycles. The first kappa shape index (κ1) is 16.1. The predicted octanol–water partition coefficient (Wildman–Crippen LogP) is 5.20. The molecule has 3 unspecified atom stereocenters. The van der Waals surface area contributed by atoms with Gasteiger partial charge < -0.3 is 0 Å². The zero-order chi connectivity index (χ0) is 13.7. The third-order valence-corrected chi connectivity index (χ3v) is 3.32. The van der Waals surface area contributed by atoms with Crippen LogP contribution in [-0.4, -0.2) is 16.1 Å². The molecule has 0 radical (unpaired) electrons. The van der Waals surface area contributed by atoms with Gasteiger partial charge in [-0.05, 0) is 56.7 Å². The summed E-state index contributed by atoms with van der Waals surface area (Å²) in [5.41, 5.74) is 3.94. The molecule has 0 N–H and O–H groups in total. The molecule has 3 atom stereocenters. The Bertz CT molecular complexity index is 342. The van der Waals surface area contributed by atoms with Gasteiger partial charge in [-0.3, -0.25) is 0 Å². The summed E-state index contributed by atoms with van der Waals surface area (Å²) in [5.74, 6) is 0. The summed E-state index contributed by atoms with van der Waals surface area (Å²) < 4.78 is 0. The Morgan fingerprint density at radius 2 is 1.17 bits per heavy atom. The lowest BCUT2D eigenvalue weighted by molar-refractivity contribution is 0.834. The van der Waals surface area contributed by atoms with Gasteiger partial charge in [-0.2, -0.15) is 0 Å². The lowest BCUT2D eigenvalue weighted by Crippen LogP contribution is -2.11. The van der Waals surface area contributed by atoms with E-state index in [1.165, 1.54) is 16.7 Å². The third kappa shape index (κ3) is 5.38. The highest BCUT2D eigenvalue weighted by Crippen LogP contribution is 2.23. The van der Waals surface area contributed by atoms with Gasteiger partial charge in [0.05, 0.1) is 0 Å². The van der Waals surface area contributed by atoms with Crippen LogP contribution in [-0.2, 0) is 19.3 Å². The maximum Gasteiger partial charge on any atom is 0.0348 e. The van der Waals surface area contributed by atoms with Crippen LogP contribution < -0.4 is 0 Å². The van der Waals surface area contributed by atoms with E-state index in [4.69, 9.17) is 34.8 Å². The quantitative estimate of drug-likeness (QED) is 0.634. The largest absolute Gasteiger partial charge is 0.123 e. The number of rotatable bonds is 6. The first-order valence-corrected chi connectivity index (χ1v) is 7.73. The fraction of sp³-hybridized carbons (Fsp3) is 0.600.